The highest BCUT2D eigenvalue weighted by Gasteiger charge is 2.26. The molecule has 100 valence electrons. The molecule has 0 saturated heterocycles. The zero-order valence-electron chi connectivity index (χ0n) is 11.7. The molecule has 1 rings (SSSR count). The Hall–Kier alpha value is -1.35. The lowest BCUT2D eigenvalue weighted by Gasteiger charge is -2.25. The summed E-state index contributed by atoms with van der Waals surface area (Å²) in [5.41, 5.74) is 6.89. The Morgan fingerprint density at radius 1 is 1.28 bits per heavy atom. The van der Waals surface area contributed by atoms with Gasteiger partial charge in [0.2, 0.25) is 0 Å². The van der Waals surface area contributed by atoms with Crippen molar-refractivity contribution in [1.82, 2.24) is 0 Å². The van der Waals surface area contributed by atoms with Crippen LogP contribution < -0.4 is 10.5 Å². The number of hydrogen-bond donors (Lipinski definition) is 1. The van der Waals surface area contributed by atoms with Gasteiger partial charge in [-0.25, -0.2) is 0 Å². The van der Waals surface area contributed by atoms with E-state index in [4.69, 9.17) is 10.5 Å². The van der Waals surface area contributed by atoms with Crippen molar-refractivity contribution in [3.8, 4) is 5.75 Å². The molecule has 1 aromatic carbocycles. The molecule has 1 unspecified atom stereocenters. The summed E-state index contributed by atoms with van der Waals surface area (Å²) >= 11 is 0. The van der Waals surface area contributed by atoms with Crippen molar-refractivity contribution < 1.29 is 9.53 Å². The van der Waals surface area contributed by atoms with Gasteiger partial charge in [-0.2, -0.15) is 0 Å². The van der Waals surface area contributed by atoms with Gasteiger partial charge in [0.05, 0.1) is 13.2 Å². The Morgan fingerprint density at radius 3 is 2.28 bits per heavy atom. The number of rotatable bonds is 5. The number of methoxy groups -OCH3 is 1. The summed E-state index contributed by atoms with van der Waals surface area (Å²) in [6.45, 7) is 5.97. The van der Waals surface area contributed by atoms with Crippen molar-refractivity contribution in [2.45, 2.75) is 39.7 Å². The van der Waals surface area contributed by atoms with E-state index >= 15 is 0 Å². The van der Waals surface area contributed by atoms with E-state index in [2.05, 4.69) is 0 Å². The highest BCUT2D eigenvalue weighted by atomic mass is 16.5. The quantitative estimate of drug-likeness (QED) is 0.872. The van der Waals surface area contributed by atoms with Gasteiger partial charge in [0, 0.05) is 6.42 Å². The van der Waals surface area contributed by atoms with Gasteiger partial charge in [-0.1, -0.05) is 32.9 Å². The summed E-state index contributed by atoms with van der Waals surface area (Å²) in [5, 5.41) is 0. The normalized spacial score (nSPS) is 13.2. The molecular formula is C15H23NO2. The van der Waals surface area contributed by atoms with E-state index in [1.54, 1.807) is 7.11 Å². The van der Waals surface area contributed by atoms with Gasteiger partial charge in [0.15, 0.2) is 0 Å². The van der Waals surface area contributed by atoms with Crippen LogP contribution in [0.2, 0.25) is 0 Å². The SMILES string of the molecule is COc1ccc(CCC(=O)C(N)C(C)(C)C)cc1. The first-order valence-corrected chi connectivity index (χ1v) is 6.26. The molecule has 0 spiro atoms. The first-order valence-electron chi connectivity index (χ1n) is 6.26. The van der Waals surface area contributed by atoms with Crippen molar-refractivity contribution >= 4 is 5.78 Å². The summed E-state index contributed by atoms with van der Waals surface area (Å²) in [6, 6.07) is 7.38. The molecule has 0 aliphatic heterocycles. The van der Waals surface area contributed by atoms with E-state index in [1.807, 2.05) is 45.0 Å². The molecule has 1 atom stereocenters. The van der Waals surface area contributed by atoms with Crippen LogP contribution in [0.15, 0.2) is 24.3 Å². The molecule has 0 aliphatic rings. The largest absolute Gasteiger partial charge is 0.497 e. The number of ether oxygens (including phenoxy) is 1. The third-order valence-electron chi connectivity index (χ3n) is 3.10. The van der Waals surface area contributed by atoms with Gasteiger partial charge < -0.3 is 10.5 Å². The number of benzene rings is 1. The van der Waals surface area contributed by atoms with Crippen LogP contribution in [0.25, 0.3) is 0 Å². The van der Waals surface area contributed by atoms with Gasteiger partial charge in [-0.3, -0.25) is 4.79 Å². The molecule has 1 aromatic rings. The second-order valence-electron chi connectivity index (χ2n) is 5.66. The number of nitrogens with two attached hydrogens (primary N) is 1. The highest BCUT2D eigenvalue weighted by Crippen LogP contribution is 2.20. The molecule has 0 fully saturated rings. The Bertz CT molecular complexity index is 390. The maximum absolute atomic E-state index is 11.9. The number of ketones is 1. The lowest BCUT2D eigenvalue weighted by Crippen LogP contribution is -2.42. The molecule has 18 heavy (non-hydrogen) atoms. The third kappa shape index (κ3) is 4.15. The molecule has 0 amide bonds. The standard InChI is InChI=1S/C15H23NO2/c1-15(2,3)14(16)13(17)10-7-11-5-8-12(18-4)9-6-11/h5-6,8-9,14H,7,10,16H2,1-4H3. The minimum absolute atomic E-state index is 0.123. The maximum atomic E-state index is 11.9. The van der Waals surface area contributed by atoms with Gasteiger partial charge in [-0.15, -0.1) is 0 Å². The second kappa shape index (κ2) is 6.01. The van der Waals surface area contributed by atoms with Crippen molar-refractivity contribution in [2.75, 3.05) is 7.11 Å². The van der Waals surface area contributed by atoms with Crippen molar-refractivity contribution in [1.29, 1.82) is 0 Å². The molecule has 0 aliphatic carbocycles. The van der Waals surface area contributed by atoms with Gasteiger partial charge in [0.25, 0.3) is 0 Å². The summed E-state index contributed by atoms with van der Waals surface area (Å²) in [7, 11) is 1.64. The van der Waals surface area contributed by atoms with E-state index in [1.165, 1.54) is 0 Å². The molecule has 0 heterocycles. The van der Waals surface area contributed by atoms with Crippen LogP contribution >= 0.6 is 0 Å². The fraction of sp³-hybridized carbons (Fsp3) is 0.533. The zero-order chi connectivity index (χ0) is 13.8. The van der Waals surface area contributed by atoms with E-state index < -0.39 is 6.04 Å². The first kappa shape index (κ1) is 14.7. The highest BCUT2D eigenvalue weighted by molar-refractivity contribution is 5.84. The van der Waals surface area contributed by atoms with E-state index in [0.29, 0.717) is 6.42 Å². The topological polar surface area (TPSA) is 52.3 Å². The van der Waals surface area contributed by atoms with Crippen LogP contribution in [0, 0.1) is 5.41 Å². The minimum atomic E-state index is -0.393. The van der Waals surface area contributed by atoms with Crippen LogP contribution in [-0.2, 0) is 11.2 Å². The second-order valence-corrected chi connectivity index (χ2v) is 5.66. The average molecular weight is 249 g/mol. The molecule has 0 bridgehead atoms. The van der Waals surface area contributed by atoms with Crippen molar-refractivity contribution in [2.24, 2.45) is 11.1 Å². The number of carbonyl (C=O) groups is 1. The van der Waals surface area contributed by atoms with E-state index in [-0.39, 0.29) is 11.2 Å². The van der Waals surface area contributed by atoms with E-state index in [0.717, 1.165) is 17.7 Å². The number of Topliss-reactive ketones (excluding diaryl/α,β-unsaturated/α-hetero) is 1. The minimum Gasteiger partial charge on any atom is -0.497 e. The lowest BCUT2D eigenvalue weighted by molar-refractivity contribution is -0.122. The molecule has 0 saturated carbocycles. The van der Waals surface area contributed by atoms with E-state index in [9.17, 15) is 4.79 Å². The average Bonchev–Trinajstić information content (AvgIpc) is 2.34. The summed E-state index contributed by atoms with van der Waals surface area (Å²) in [4.78, 5) is 11.9. The molecule has 2 N–H and O–H groups in total. The zero-order valence-corrected chi connectivity index (χ0v) is 11.7. The fourth-order valence-electron chi connectivity index (χ4n) is 1.70. The number of aryl methyl sites for hydroxylation is 1. The first-order chi connectivity index (χ1) is 8.34. The molecular weight excluding hydrogens is 226 g/mol. The Morgan fingerprint density at radius 2 is 1.83 bits per heavy atom. The molecule has 3 nitrogen and oxygen atoms in total. The molecule has 0 aromatic heterocycles. The summed E-state index contributed by atoms with van der Waals surface area (Å²) in [5.74, 6) is 0.954. The monoisotopic (exact) mass is 249 g/mol. The number of hydrogen-bond acceptors (Lipinski definition) is 3. The molecule has 0 radical (unpaired) electrons. The fourth-order valence-corrected chi connectivity index (χ4v) is 1.70. The number of carbonyl (C=O) groups excluding carboxylic acids is 1. The Kier molecular flexibility index (Phi) is 4.91. The summed E-state index contributed by atoms with van der Waals surface area (Å²) in [6.07, 6.45) is 1.22. The summed E-state index contributed by atoms with van der Waals surface area (Å²) < 4.78 is 5.09. The van der Waals surface area contributed by atoms with Crippen LogP contribution in [0.4, 0.5) is 0 Å². The van der Waals surface area contributed by atoms with Crippen LogP contribution in [-0.4, -0.2) is 18.9 Å². The predicted molar refractivity (Wildman–Crippen MR) is 73.8 cm³/mol. The van der Waals surface area contributed by atoms with Crippen LogP contribution in [0.1, 0.15) is 32.8 Å². The van der Waals surface area contributed by atoms with Crippen LogP contribution in [0.3, 0.4) is 0 Å². The molecule has 3 heteroatoms. The Labute approximate surface area is 109 Å². The van der Waals surface area contributed by atoms with Crippen LogP contribution in [0.5, 0.6) is 5.75 Å². The smallest absolute Gasteiger partial charge is 0.150 e. The maximum Gasteiger partial charge on any atom is 0.150 e. The van der Waals surface area contributed by atoms with Crippen molar-refractivity contribution in [3.05, 3.63) is 29.8 Å². The van der Waals surface area contributed by atoms with Gasteiger partial charge in [0.1, 0.15) is 11.5 Å². The predicted octanol–water partition coefficient (Wildman–Crippen LogP) is 2.57. The third-order valence-corrected chi connectivity index (χ3v) is 3.10. The lowest BCUT2D eigenvalue weighted by atomic mass is 9.83. The van der Waals surface area contributed by atoms with Gasteiger partial charge in [-0.05, 0) is 29.5 Å². The van der Waals surface area contributed by atoms with Crippen molar-refractivity contribution in [3.63, 3.8) is 0 Å². The Balaban J connectivity index is 2.52. The van der Waals surface area contributed by atoms with Gasteiger partial charge >= 0.3 is 0 Å².